The zero-order valence-corrected chi connectivity index (χ0v) is 14.5. The summed E-state index contributed by atoms with van der Waals surface area (Å²) < 4.78 is 25.9. The summed E-state index contributed by atoms with van der Waals surface area (Å²) in [5.74, 6) is -0.828. The topological polar surface area (TPSA) is 86.8 Å². The van der Waals surface area contributed by atoms with Gasteiger partial charge in [0.1, 0.15) is 4.90 Å². The van der Waals surface area contributed by atoms with Crippen molar-refractivity contribution in [3.8, 4) is 0 Å². The number of hydrogen-bond acceptors (Lipinski definition) is 5. The second kappa shape index (κ2) is 6.29. The third-order valence-electron chi connectivity index (χ3n) is 3.71. The molecule has 1 N–H and O–H groups in total. The lowest BCUT2D eigenvalue weighted by Gasteiger charge is -2.19. The highest BCUT2D eigenvalue weighted by molar-refractivity contribution is 7.90. The molecule has 2 amide bonds. The summed E-state index contributed by atoms with van der Waals surface area (Å²) >= 11 is 0. The van der Waals surface area contributed by atoms with Crippen molar-refractivity contribution >= 4 is 21.8 Å². The SMILES string of the molecule is CNCCN(C)C(=O)c1ccc2c(c1)S(=O)(=O)N(C(C)C)C2=O. The molecule has 0 spiro atoms. The van der Waals surface area contributed by atoms with Crippen LogP contribution in [0, 0.1) is 0 Å². The number of nitrogens with one attached hydrogen (secondary N) is 1. The minimum Gasteiger partial charge on any atom is -0.340 e. The van der Waals surface area contributed by atoms with E-state index in [2.05, 4.69) is 5.32 Å². The summed E-state index contributed by atoms with van der Waals surface area (Å²) in [6.45, 7) is 4.40. The summed E-state index contributed by atoms with van der Waals surface area (Å²) in [5, 5.41) is 2.94. The van der Waals surface area contributed by atoms with Crippen LogP contribution in [0.25, 0.3) is 0 Å². The zero-order chi connectivity index (χ0) is 17.4. The number of benzene rings is 1. The Hall–Kier alpha value is -1.93. The first-order valence-electron chi connectivity index (χ1n) is 7.34. The molecule has 23 heavy (non-hydrogen) atoms. The summed E-state index contributed by atoms with van der Waals surface area (Å²) in [5.41, 5.74) is 0.373. The predicted molar refractivity (Wildman–Crippen MR) is 85.8 cm³/mol. The summed E-state index contributed by atoms with van der Waals surface area (Å²) in [4.78, 5) is 26.0. The van der Waals surface area contributed by atoms with Crippen LogP contribution in [0.1, 0.15) is 34.6 Å². The van der Waals surface area contributed by atoms with Gasteiger partial charge in [-0.05, 0) is 39.1 Å². The lowest BCUT2D eigenvalue weighted by molar-refractivity contribution is 0.0794. The molecule has 1 aliphatic heterocycles. The predicted octanol–water partition coefficient (Wildman–Crippen LogP) is 0.531. The van der Waals surface area contributed by atoms with Gasteiger partial charge in [-0.1, -0.05) is 0 Å². The van der Waals surface area contributed by atoms with Crippen LogP contribution in [0.4, 0.5) is 0 Å². The Labute approximate surface area is 136 Å². The van der Waals surface area contributed by atoms with E-state index in [1.165, 1.54) is 23.1 Å². The van der Waals surface area contributed by atoms with Crippen LogP contribution in [0.3, 0.4) is 0 Å². The Balaban J connectivity index is 2.41. The Kier molecular flexibility index (Phi) is 4.76. The maximum absolute atomic E-state index is 12.5. The van der Waals surface area contributed by atoms with Crippen LogP contribution < -0.4 is 5.32 Å². The molecule has 7 nitrogen and oxygen atoms in total. The fourth-order valence-electron chi connectivity index (χ4n) is 2.49. The fraction of sp³-hybridized carbons (Fsp3) is 0.467. The average Bonchev–Trinajstić information content (AvgIpc) is 2.70. The molecule has 0 aromatic heterocycles. The molecule has 0 aliphatic carbocycles. The molecule has 1 aromatic rings. The van der Waals surface area contributed by atoms with E-state index in [1.807, 2.05) is 0 Å². The van der Waals surface area contributed by atoms with Gasteiger partial charge < -0.3 is 10.2 Å². The number of likely N-dealkylation sites (N-methyl/N-ethyl adjacent to an activating group) is 2. The first-order valence-corrected chi connectivity index (χ1v) is 8.78. The van der Waals surface area contributed by atoms with Gasteiger partial charge in [0, 0.05) is 31.7 Å². The van der Waals surface area contributed by atoms with E-state index < -0.39 is 22.0 Å². The maximum Gasteiger partial charge on any atom is 0.269 e. The van der Waals surface area contributed by atoms with Crippen molar-refractivity contribution in [2.45, 2.75) is 24.8 Å². The molecule has 0 radical (unpaired) electrons. The number of rotatable bonds is 5. The molecule has 1 heterocycles. The zero-order valence-electron chi connectivity index (χ0n) is 13.7. The molecule has 1 aromatic carbocycles. The lowest BCUT2D eigenvalue weighted by Crippen LogP contribution is -2.36. The Morgan fingerprint density at radius 2 is 2.00 bits per heavy atom. The largest absolute Gasteiger partial charge is 0.340 e. The van der Waals surface area contributed by atoms with Gasteiger partial charge in [-0.2, -0.15) is 0 Å². The van der Waals surface area contributed by atoms with Gasteiger partial charge >= 0.3 is 0 Å². The van der Waals surface area contributed by atoms with Crippen LogP contribution in [0.5, 0.6) is 0 Å². The highest BCUT2D eigenvalue weighted by Gasteiger charge is 2.43. The van der Waals surface area contributed by atoms with Crippen LogP contribution >= 0.6 is 0 Å². The molecule has 0 saturated heterocycles. The monoisotopic (exact) mass is 339 g/mol. The van der Waals surface area contributed by atoms with Crippen molar-refractivity contribution in [3.05, 3.63) is 29.3 Å². The number of nitrogens with zero attached hydrogens (tertiary/aromatic N) is 2. The van der Waals surface area contributed by atoms with Gasteiger partial charge in [0.15, 0.2) is 0 Å². The van der Waals surface area contributed by atoms with E-state index in [0.717, 1.165) is 4.31 Å². The molecule has 0 atom stereocenters. The summed E-state index contributed by atoms with van der Waals surface area (Å²) in [6.07, 6.45) is 0. The fourth-order valence-corrected chi connectivity index (χ4v) is 4.29. The van der Waals surface area contributed by atoms with Gasteiger partial charge in [-0.3, -0.25) is 9.59 Å². The average molecular weight is 339 g/mol. The van der Waals surface area contributed by atoms with Gasteiger partial charge in [0.25, 0.3) is 21.8 Å². The molecule has 1 aliphatic rings. The molecule has 0 unspecified atom stereocenters. The maximum atomic E-state index is 12.5. The van der Waals surface area contributed by atoms with Crippen LogP contribution in [-0.2, 0) is 10.0 Å². The molecule has 8 heteroatoms. The number of sulfonamides is 1. The highest BCUT2D eigenvalue weighted by Crippen LogP contribution is 2.32. The van der Waals surface area contributed by atoms with E-state index in [0.29, 0.717) is 13.1 Å². The quantitative estimate of drug-likeness (QED) is 0.846. The number of fused-ring (bicyclic) bond motifs is 1. The molecule has 2 rings (SSSR count). The van der Waals surface area contributed by atoms with Crippen molar-refractivity contribution in [1.29, 1.82) is 0 Å². The Morgan fingerprint density at radius 3 is 2.57 bits per heavy atom. The second-order valence-corrected chi connectivity index (χ2v) is 7.52. The van der Waals surface area contributed by atoms with Gasteiger partial charge in [0.2, 0.25) is 0 Å². The van der Waals surface area contributed by atoms with E-state index in [-0.39, 0.29) is 21.9 Å². The van der Waals surface area contributed by atoms with Crippen LogP contribution in [0.2, 0.25) is 0 Å². The molecular weight excluding hydrogens is 318 g/mol. The van der Waals surface area contributed by atoms with Gasteiger partial charge in [-0.25, -0.2) is 12.7 Å². The minimum absolute atomic E-state index is 0.0935. The highest BCUT2D eigenvalue weighted by atomic mass is 32.2. The molecule has 126 valence electrons. The Morgan fingerprint density at radius 1 is 1.35 bits per heavy atom. The number of carbonyl (C=O) groups excluding carboxylic acids is 2. The van der Waals surface area contributed by atoms with Crippen molar-refractivity contribution in [2.75, 3.05) is 27.2 Å². The normalized spacial score (nSPS) is 15.9. The van der Waals surface area contributed by atoms with E-state index in [1.54, 1.807) is 27.9 Å². The van der Waals surface area contributed by atoms with Crippen LogP contribution in [0.15, 0.2) is 23.1 Å². The van der Waals surface area contributed by atoms with Crippen molar-refractivity contribution in [2.24, 2.45) is 0 Å². The molecule has 0 fully saturated rings. The van der Waals surface area contributed by atoms with Crippen molar-refractivity contribution in [3.63, 3.8) is 0 Å². The van der Waals surface area contributed by atoms with E-state index in [9.17, 15) is 18.0 Å². The first kappa shape index (κ1) is 17.4. The smallest absolute Gasteiger partial charge is 0.269 e. The number of carbonyl (C=O) groups is 2. The first-order chi connectivity index (χ1) is 10.7. The third-order valence-corrected chi connectivity index (χ3v) is 5.71. The summed E-state index contributed by atoms with van der Waals surface area (Å²) in [6, 6.07) is 3.73. The molecule has 0 saturated carbocycles. The standard InChI is InChI=1S/C15H21N3O4S/c1-10(2)18-15(20)12-6-5-11(9-13(12)23(18,21)22)14(19)17(4)8-7-16-3/h5-6,9-10,16H,7-8H2,1-4H3. The minimum atomic E-state index is -3.89. The molecular formula is C15H21N3O4S. The number of amides is 2. The van der Waals surface area contributed by atoms with E-state index in [4.69, 9.17) is 0 Å². The third kappa shape index (κ3) is 2.96. The number of hydrogen-bond donors (Lipinski definition) is 1. The van der Waals surface area contributed by atoms with Crippen molar-refractivity contribution < 1.29 is 18.0 Å². The van der Waals surface area contributed by atoms with Gasteiger partial charge in [-0.15, -0.1) is 0 Å². The Bertz CT molecular complexity index is 743. The second-order valence-electron chi connectivity index (χ2n) is 5.74. The van der Waals surface area contributed by atoms with E-state index >= 15 is 0 Å². The lowest BCUT2D eigenvalue weighted by atomic mass is 10.1. The molecule has 0 bridgehead atoms. The van der Waals surface area contributed by atoms with Crippen LogP contribution in [-0.4, -0.2) is 62.7 Å². The van der Waals surface area contributed by atoms with Crippen molar-refractivity contribution in [1.82, 2.24) is 14.5 Å². The van der Waals surface area contributed by atoms with Gasteiger partial charge in [0.05, 0.1) is 5.56 Å². The summed E-state index contributed by atoms with van der Waals surface area (Å²) in [7, 11) is -0.463.